The first-order chi connectivity index (χ1) is 11.6. The largest absolute Gasteiger partial charge is 0.484 e. The Morgan fingerprint density at radius 2 is 1.96 bits per heavy atom. The van der Waals surface area contributed by atoms with Crippen molar-refractivity contribution in [2.45, 2.75) is 38.1 Å². The average Bonchev–Trinajstić information content (AvgIpc) is 2.53. The molecule has 134 valence electrons. The fourth-order valence-electron chi connectivity index (χ4n) is 2.80. The van der Waals surface area contributed by atoms with Crippen LogP contribution in [-0.2, 0) is 0 Å². The van der Waals surface area contributed by atoms with Gasteiger partial charge in [-0.25, -0.2) is 5.10 Å². The van der Waals surface area contributed by atoms with Crippen molar-refractivity contribution in [2.75, 3.05) is 19.0 Å². The number of benzene rings is 1. The maximum atomic E-state index is 11.2. The number of anilines is 1. The van der Waals surface area contributed by atoms with E-state index in [0.717, 1.165) is 11.3 Å². The fraction of sp³-hybridized carbons (Fsp3) is 0.444. The summed E-state index contributed by atoms with van der Waals surface area (Å²) in [5, 5.41) is 17.4. The van der Waals surface area contributed by atoms with Crippen molar-refractivity contribution >= 4 is 5.69 Å². The van der Waals surface area contributed by atoms with Crippen LogP contribution in [-0.4, -0.2) is 40.6 Å². The predicted octanol–water partition coefficient (Wildman–Crippen LogP) is 1.88. The molecule has 3 rings (SSSR count). The zero-order chi connectivity index (χ0) is 18.4. The Balaban J connectivity index is 2.10. The number of nitrogens with zero attached hydrogens (tertiary/aromatic N) is 2. The standard InChI is InChI=1S/C18H23N3O4/c1-17(2)18(3,23)16(24-15-9-8-14(22)19-20-15)12-10-11(21(4)5)6-7-13(12)25-17/h6-10,16,23H,1-5H3,(H,19,22). The van der Waals surface area contributed by atoms with Gasteiger partial charge in [0.2, 0.25) is 5.88 Å². The van der Waals surface area contributed by atoms with E-state index in [2.05, 4.69) is 10.2 Å². The van der Waals surface area contributed by atoms with Crippen LogP contribution in [0, 0.1) is 0 Å². The van der Waals surface area contributed by atoms with Crippen LogP contribution in [0.25, 0.3) is 0 Å². The molecule has 1 aliphatic rings. The van der Waals surface area contributed by atoms with E-state index in [1.165, 1.54) is 12.1 Å². The molecular weight excluding hydrogens is 322 g/mol. The van der Waals surface area contributed by atoms with E-state index in [9.17, 15) is 9.90 Å². The maximum Gasteiger partial charge on any atom is 0.264 e. The lowest BCUT2D eigenvalue weighted by Gasteiger charge is -2.48. The molecule has 25 heavy (non-hydrogen) atoms. The first-order valence-electron chi connectivity index (χ1n) is 8.07. The number of H-pyrrole nitrogens is 1. The molecule has 0 aliphatic carbocycles. The van der Waals surface area contributed by atoms with Crippen molar-refractivity contribution in [2.24, 2.45) is 0 Å². The summed E-state index contributed by atoms with van der Waals surface area (Å²) >= 11 is 0. The summed E-state index contributed by atoms with van der Waals surface area (Å²) in [6.45, 7) is 5.30. The first-order valence-corrected chi connectivity index (χ1v) is 8.07. The normalized spacial score (nSPS) is 24.2. The van der Waals surface area contributed by atoms with Gasteiger partial charge in [0, 0.05) is 37.5 Å². The van der Waals surface area contributed by atoms with Gasteiger partial charge in [-0.05, 0) is 39.0 Å². The lowest BCUT2D eigenvalue weighted by Crippen LogP contribution is -2.59. The van der Waals surface area contributed by atoms with Gasteiger partial charge in [0.1, 0.15) is 17.0 Å². The summed E-state index contributed by atoms with van der Waals surface area (Å²) in [5.41, 5.74) is -0.846. The molecule has 0 amide bonds. The minimum Gasteiger partial charge on any atom is -0.484 e. The van der Waals surface area contributed by atoms with Gasteiger partial charge in [0.05, 0.1) is 0 Å². The van der Waals surface area contributed by atoms with Crippen molar-refractivity contribution in [1.29, 1.82) is 0 Å². The summed E-state index contributed by atoms with van der Waals surface area (Å²) in [6, 6.07) is 8.56. The van der Waals surface area contributed by atoms with Gasteiger partial charge in [-0.3, -0.25) is 4.79 Å². The lowest BCUT2D eigenvalue weighted by molar-refractivity contribution is -0.175. The molecule has 0 saturated heterocycles. The van der Waals surface area contributed by atoms with Crippen LogP contribution in [0.3, 0.4) is 0 Å². The molecule has 7 heteroatoms. The van der Waals surface area contributed by atoms with Crippen LogP contribution in [0.4, 0.5) is 5.69 Å². The molecule has 7 nitrogen and oxygen atoms in total. The Kier molecular flexibility index (Phi) is 3.99. The van der Waals surface area contributed by atoms with Gasteiger partial charge >= 0.3 is 0 Å². The summed E-state index contributed by atoms with van der Waals surface area (Å²) in [7, 11) is 3.87. The Labute approximate surface area is 146 Å². The van der Waals surface area contributed by atoms with Crippen LogP contribution in [0.2, 0.25) is 0 Å². The summed E-state index contributed by atoms with van der Waals surface area (Å²) in [5.74, 6) is 0.875. The van der Waals surface area contributed by atoms with Crippen molar-refractivity contribution in [1.82, 2.24) is 10.2 Å². The maximum absolute atomic E-state index is 11.2. The highest BCUT2D eigenvalue weighted by atomic mass is 16.6. The monoisotopic (exact) mass is 345 g/mol. The number of fused-ring (bicyclic) bond motifs is 1. The number of hydrogen-bond donors (Lipinski definition) is 2. The van der Waals surface area contributed by atoms with Gasteiger partial charge in [-0.2, -0.15) is 0 Å². The average molecular weight is 345 g/mol. The number of nitrogens with one attached hydrogen (secondary N) is 1. The molecule has 2 unspecified atom stereocenters. The minimum atomic E-state index is -1.33. The highest BCUT2D eigenvalue weighted by molar-refractivity contribution is 5.55. The predicted molar refractivity (Wildman–Crippen MR) is 94.3 cm³/mol. The van der Waals surface area contributed by atoms with Crippen molar-refractivity contribution in [3.8, 4) is 11.6 Å². The highest BCUT2D eigenvalue weighted by Crippen LogP contribution is 2.48. The van der Waals surface area contributed by atoms with E-state index < -0.39 is 17.3 Å². The zero-order valence-electron chi connectivity index (χ0n) is 15.0. The van der Waals surface area contributed by atoms with Crippen molar-refractivity contribution < 1.29 is 14.6 Å². The third-order valence-corrected chi connectivity index (χ3v) is 4.78. The van der Waals surface area contributed by atoms with Crippen LogP contribution in [0.1, 0.15) is 32.4 Å². The molecule has 1 aliphatic heterocycles. The van der Waals surface area contributed by atoms with Crippen LogP contribution < -0.4 is 19.9 Å². The third-order valence-electron chi connectivity index (χ3n) is 4.78. The second-order valence-electron chi connectivity index (χ2n) is 7.13. The minimum absolute atomic E-state index is 0.226. The van der Waals surface area contributed by atoms with Crippen molar-refractivity contribution in [3.05, 3.63) is 46.2 Å². The highest BCUT2D eigenvalue weighted by Gasteiger charge is 2.54. The van der Waals surface area contributed by atoms with Gasteiger partial charge in [-0.1, -0.05) is 0 Å². The SMILES string of the molecule is CN(C)c1ccc2c(c1)C(Oc1ccc(=O)[nH]n1)C(C)(O)C(C)(C)O2. The number of aromatic amines is 1. The molecule has 1 aromatic carbocycles. The smallest absolute Gasteiger partial charge is 0.264 e. The molecule has 2 atom stereocenters. The molecule has 0 radical (unpaired) electrons. The molecular formula is C18H23N3O4. The molecule has 1 aromatic heterocycles. The molecule has 0 fully saturated rings. The quantitative estimate of drug-likeness (QED) is 0.883. The Bertz CT molecular complexity index is 822. The zero-order valence-corrected chi connectivity index (χ0v) is 15.0. The Morgan fingerprint density at radius 1 is 1.24 bits per heavy atom. The Morgan fingerprint density at radius 3 is 2.56 bits per heavy atom. The van der Waals surface area contributed by atoms with E-state index in [1.807, 2.05) is 51.0 Å². The lowest BCUT2D eigenvalue weighted by atomic mass is 9.77. The van der Waals surface area contributed by atoms with E-state index in [-0.39, 0.29) is 11.4 Å². The molecule has 0 spiro atoms. The van der Waals surface area contributed by atoms with Gasteiger partial charge < -0.3 is 19.5 Å². The first kappa shape index (κ1) is 17.3. The number of rotatable bonds is 3. The van der Waals surface area contributed by atoms with Gasteiger partial charge in [0.25, 0.3) is 5.56 Å². The summed E-state index contributed by atoms with van der Waals surface area (Å²) in [6.07, 6.45) is -0.718. The number of ether oxygens (including phenoxy) is 2. The summed E-state index contributed by atoms with van der Waals surface area (Å²) in [4.78, 5) is 13.2. The van der Waals surface area contributed by atoms with Crippen LogP contribution in [0.5, 0.6) is 11.6 Å². The third kappa shape index (κ3) is 2.95. The van der Waals surface area contributed by atoms with Gasteiger partial charge in [-0.15, -0.1) is 5.10 Å². The molecule has 2 heterocycles. The number of hydrogen-bond acceptors (Lipinski definition) is 6. The van der Waals surface area contributed by atoms with E-state index in [4.69, 9.17) is 9.47 Å². The number of aromatic nitrogens is 2. The number of aliphatic hydroxyl groups is 1. The van der Waals surface area contributed by atoms with E-state index in [1.54, 1.807) is 6.92 Å². The summed E-state index contributed by atoms with van der Waals surface area (Å²) < 4.78 is 12.0. The van der Waals surface area contributed by atoms with Crippen LogP contribution in [0.15, 0.2) is 35.1 Å². The van der Waals surface area contributed by atoms with E-state index in [0.29, 0.717) is 5.75 Å². The second kappa shape index (κ2) is 5.77. The van der Waals surface area contributed by atoms with Gasteiger partial charge in [0.15, 0.2) is 6.10 Å². The van der Waals surface area contributed by atoms with Crippen LogP contribution >= 0.6 is 0 Å². The second-order valence-corrected chi connectivity index (χ2v) is 7.13. The fourth-order valence-corrected chi connectivity index (χ4v) is 2.80. The Hall–Kier alpha value is -2.54. The topological polar surface area (TPSA) is 87.7 Å². The molecule has 0 saturated carbocycles. The van der Waals surface area contributed by atoms with E-state index >= 15 is 0 Å². The van der Waals surface area contributed by atoms with Crippen molar-refractivity contribution in [3.63, 3.8) is 0 Å². The molecule has 2 N–H and O–H groups in total. The molecule has 0 bridgehead atoms. The molecule has 2 aromatic rings.